The van der Waals surface area contributed by atoms with E-state index in [1.54, 1.807) is 0 Å². The van der Waals surface area contributed by atoms with E-state index in [9.17, 15) is 14.9 Å². The number of nitrogens with zero attached hydrogens (tertiary/aromatic N) is 1. The van der Waals surface area contributed by atoms with Gasteiger partial charge < -0.3 is 4.74 Å². The zero-order chi connectivity index (χ0) is 9.72. The summed E-state index contributed by atoms with van der Waals surface area (Å²) >= 11 is 5.49. The van der Waals surface area contributed by atoms with Crippen LogP contribution in [0.5, 0.6) is 0 Å². The number of hydrogen-bond donors (Lipinski definition) is 0. The van der Waals surface area contributed by atoms with E-state index in [-0.39, 0.29) is 6.42 Å². The molecule has 0 saturated carbocycles. The Hall–Kier alpha value is -0.840. The lowest BCUT2D eigenvalue weighted by Crippen LogP contribution is -2.25. The minimum Gasteiger partial charge on any atom is -0.468 e. The van der Waals surface area contributed by atoms with Crippen LogP contribution < -0.4 is 0 Å². The molecule has 0 saturated heterocycles. The molecule has 6 heteroatoms. The summed E-state index contributed by atoms with van der Waals surface area (Å²) in [6.07, 6.45) is -0.0127. The van der Waals surface area contributed by atoms with Crippen LogP contribution in [-0.2, 0) is 9.53 Å². The molecule has 0 bridgehead atoms. The van der Waals surface area contributed by atoms with Gasteiger partial charge in [0.15, 0.2) is 0 Å². The molecule has 0 rings (SSSR count). The predicted octanol–water partition coefficient (Wildman–Crippen LogP) is 0.822. The first kappa shape index (κ1) is 11.2. The van der Waals surface area contributed by atoms with Gasteiger partial charge in [-0.3, -0.25) is 14.9 Å². The number of carbonyl (C=O) groups is 1. The smallest absolute Gasteiger partial charge is 0.324 e. The molecule has 0 aromatic heterocycles. The minimum atomic E-state index is -0.935. The molecule has 12 heavy (non-hydrogen) atoms. The molecule has 2 atom stereocenters. The molecule has 0 N–H and O–H groups in total. The number of halogens is 1. The largest absolute Gasteiger partial charge is 0.468 e. The summed E-state index contributed by atoms with van der Waals surface area (Å²) in [6.45, 7) is 1.39. The quantitative estimate of drug-likeness (QED) is 0.288. The Morgan fingerprint density at radius 1 is 1.75 bits per heavy atom. The maximum atomic E-state index is 10.7. The molecule has 0 aromatic carbocycles. The molecule has 0 amide bonds. The summed E-state index contributed by atoms with van der Waals surface area (Å²) in [5.74, 6) is -0.634. The van der Waals surface area contributed by atoms with Crippen molar-refractivity contribution in [3.63, 3.8) is 0 Å². The van der Waals surface area contributed by atoms with Crippen LogP contribution in [0.4, 0.5) is 0 Å². The molecule has 0 spiro atoms. The Kier molecular flexibility index (Phi) is 4.58. The van der Waals surface area contributed by atoms with Crippen molar-refractivity contribution in [2.75, 3.05) is 7.11 Å². The van der Waals surface area contributed by atoms with Crippen molar-refractivity contribution in [2.45, 2.75) is 24.8 Å². The van der Waals surface area contributed by atoms with Crippen LogP contribution in [0.2, 0.25) is 0 Å². The lowest BCUT2D eigenvalue weighted by Gasteiger charge is -2.07. The van der Waals surface area contributed by atoms with E-state index in [0.717, 1.165) is 0 Å². The molecule has 2 unspecified atom stereocenters. The van der Waals surface area contributed by atoms with Gasteiger partial charge in [0.05, 0.1) is 7.11 Å². The Bertz CT molecular complexity index is 184. The minimum absolute atomic E-state index is 0.0127. The fourth-order valence-electron chi connectivity index (χ4n) is 0.610. The number of alkyl halides is 1. The summed E-state index contributed by atoms with van der Waals surface area (Å²) in [5.41, 5.74) is 0. The second-order valence-electron chi connectivity index (χ2n) is 2.36. The molecule has 0 aromatic rings. The van der Waals surface area contributed by atoms with Crippen LogP contribution >= 0.6 is 11.6 Å². The monoisotopic (exact) mass is 195 g/mol. The zero-order valence-corrected chi connectivity index (χ0v) is 7.58. The molecular weight excluding hydrogens is 186 g/mol. The second-order valence-corrected chi connectivity index (χ2v) is 2.89. The molecule has 5 nitrogen and oxygen atoms in total. The summed E-state index contributed by atoms with van der Waals surface area (Å²) in [4.78, 5) is 20.3. The maximum absolute atomic E-state index is 10.7. The molecule has 0 aliphatic heterocycles. The van der Waals surface area contributed by atoms with Gasteiger partial charge in [-0.2, -0.15) is 0 Å². The SMILES string of the molecule is COC(=O)C(Cl)CC(C)[N+](=O)[O-]. The lowest BCUT2D eigenvalue weighted by molar-refractivity contribution is -0.518. The Balaban J connectivity index is 3.91. The maximum Gasteiger partial charge on any atom is 0.324 e. The van der Waals surface area contributed by atoms with Crippen LogP contribution in [-0.4, -0.2) is 29.4 Å². The lowest BCUT2D eigenvalue weighted by atomic mass is 10.2. The normalized spacial score (nSPS) is 14.9. The van der Waals surface area contributed by atoms with Gasteiger partial charge in [0.1, 0.15) is 5.38 Å². The van der Waals surface area contributed by atoms with Crippen LogP contribution in [0.25, 0.3) is 0 Å². The fraction of sp³-hybridized carbons (Fsp3) is 0.833. The van der Waals surface area contributed by atoms with E-state index in [1.165, 1.54) is 14.0 Å². The van der Waals surface area contributed by atoms with E-state index >= 15 is 0 Å². The highest BCUT2D eigenvalue weighted by Gasteiger charge is 2.24. The Morgan fingerprint density at radius 2 is 2.25 bits per heavy atom. The van der Waals surface area contributed by atoms with Crippen molar-refractivity contribution in [1.29, 1.82) is 0 Å². The average Bonchev–Trinajstić information content (AvgIpc) is 2.02. The van der Waals surface area contributed by atoms with E-state index in [1.807, 2.05) is 0 Å². The number of esters is 1. The van der Waals surface area contributed by atoms with Crippen LogP contribution in [0, 0.1) is 10.1 Å². The van der Waals surface area contributed by atoms with Crippen molar-refractivity contribution in [3.8, 4) is 0 Å². The van der Waals surface area contributed by atoms with Gasteiger partial charge in [-0.15, -0.1) is 11.6 Å². The number of hydrogen-bond acceptors (Lipinski definition) is 4. The summed E-state index contributed by atoms with van der Waals surface area (Å²) in [5, 5.41) is 9.21. The first-order chi connectivity index (χ1) is 5.49. The van der Waals surface area contributed by atoms with Crippen molar-refractivity contribution in [1.82, 2.24) is 0 Å². The highest BCUT2D eigenvalue weighted by atomic mass is 35.5. The van der Waals surface area contributed by atoms with E-state index in [4.69, 9.17) is 11.6 Å². The first-order valence-electron chi connectivity index (χ1n) is 3.34. The van der Waals surface area contributed by atoms with Gasteiger partial charge in [0.25, 0.3) is 0 Å². The summed E-state index contributed by atoms with van der Waals surface area (Å²) < 4.78 is 4.30. The van der Waals surface area contributed by atoms with Gasteiger partial charge in [0, 0.05) is 18.3 Å². The van der Waals surface area contributed by atoms with E-state index < -0.39 is 22.3 Å². The van der Waals surface area contributed by atoms with Gasteiger partial charge in [-0.1, -0.05) is 0 Å². The molecule has 0 aliphatic carbocycles. The summed E-state index contributed by atoms with van der Waals surface area (Å²) in [6, 6.07) is -0.827. The van der Waals surface area contributed by atoms with Crippen LogP contribution in [0.3, 0.4) is 0 Å². The first-order valence-corrected chi connectivity index (χ1v) is 3.78. The molecule has 0 aliphatic rings. The fourth-order valence-corrected chi connectivity index (χ4v) is 0.957. The van der Waals surface area contributed by atoms with Gasteiger partial charge >= 0.3 is 5.97 Å². The van der Waals surface area contributed by atoms with E-state index in [2.05, 4.69) is 4.74 Å². The van der Waals surface area contributed by atoms with Crippen LogP contribution in [0.1, 0.15) is 13.3 Å². The number of ether oxygens (including phenoxy) is 1. The predicted molar refractivity (Wildman–Crippen MR) is 42.7 cm³/mol. The topological polar surface area (TPSA) is 69.4 Å². The number of carbonyl (C=O) groups excluding carboxylic acids is 1. The van der Waals surface area contributed by atoms with Crippen molar-refractivity contribution in [2.24, 2.45) is 0 Å². The molecule has 0 heterocycles. The number of methoxy groups -OCH3 is 1. The average molecular weight is 196 g/mol. The van der Waals surface area contributed by atoms with Gasteiger partial charge in [0.2, 0.25) is 6.04 Å². The molecule has 0 radical (unpaired) electrons. The second kappa shape index (κ2) is 4.92. The Labute approximate surface area is 74.8 Å². The Morgan fingerprint density at radius 3 is 2.58 bits per heavy atom. The molecule has 70 valence electrons. The zero-order valence-electron chi connectivity index (χ0n) is 6.82. The van der Waals surface area contributed by atoms with Gasteiger partial charge in [-0.25, -0.2) is 0 Å². The third-order valence-corrected chi connectivity index (χ3v) is 1.72. The highest BCUT2D eigenvalue weighted by molar-refractivity contribution is 6.29. The van der Waals surface area contributed by atoms with Crippen molar-refractivity contribution >= 4 is 17.6 Å². The van der Waals surface area contributed by atoms with E-state index in [0.29, 0.717) is 0 Å². The highest BCUT2D eigenvalue weighted by Crippen LogP contribution is 2.09. The van der Waals surface area contributed by atoms with Gasteiger partial charge in [-0.05, 0) is 0 Å². The van der Waals surface area contributed by atoms with Crippen molar-refractivity contribution < 1.29 is 14.5 Å². The standard InChI is InChI=1S/C6H10ClNO4/c1-4(8(10)11)3-5(7)6(9)12-2/h4-5H,3H2,1-2H3. The van der Waals surface area contributed by atoms with Crippen LogP contribution in [0.15, 0.2) is 0 Å². The summed E-state index contributed by atoms with van der Waals surface area (Å²) in [7, 11) is 1.19. The third kappa shape index (κ3) is 3.52. The molecule has 0 fully saturated rings. The number of rotatable bonds is 4. The van der Waals surface area contributed by atoms with Crippen molar-refractivity contribution in [3.05, 3.63) is 10.1 Å². The number of nitro groups is 1. The third-order valence-electron chi connectivity index (χ3n) is 1.36. The molecular formula is C6H10ClNO4.